The first-order chi connectivity index (χ1) is 19.0. The summed E-state index contributed by atoms with van der Waals surface area (Å²) in [6.45, 7) is 7.28. The highest BCUT2D eigenvalue weighted by atomic mass is 32.2. The molecule has 3 aromatic rings. The Morgan fingerprint density at radius 3 is 2.00 bits per heavy atom. The number of para-hydroxylation sites is 1. The predicted molar refractivity (Wildman–Crippen MR) is 158 cm³/mol. The van der Waals surface area contributed by atoms with E-state index < -0.39 is 34.1 Å². The van der Waals surface area contributed by atoms with Gasteiger partial charge in [-0.2, -0.15) is 0 Å². The zero-order valence-electron chi connectivity index (χ0n) is 23.8. The molecule has 3 aromatic carbocycles. The van der Waals surface area contributed by atoms with Gasteiger partial charge in [-0.05, 0) is 75.6 Å². The molecule has 214 valence electrons. The number of methoxy groups -OCH3 is 1. The minimum Gasteiger partial charge on any atom is -0.497 e. The minimum absolute atomic E-state index is 0.0262. The van der Waals surface area contributed by atoms with Gasteiger partial charge in [-0.1, -0.05) is 55.5 Å². The molecule has 0 aliphatic heterocycles. The molecule has 3 rings (SSSR count). The quantitative estimate of drug-likeness (QED) is 0.345. The molecule has 0 heterocycles. The fourth-order valence-electron chi connectivity index (χ4n) is 4.35. The van der Waals surface area contributed by atoms with E-state index in [0.29, 0.717) is 24.3 Å². The molecule has 1 atom stereocenters. The second-order valence-corrected chi connectivity index (χ2v) is 12.4. The third kappa shape index (κ3) is 8.08. The predicted octanol–water partition coefficient (Wildman–Crippen LogP) is 4.66. The Kier molecular flexibility index (Phi) is 10.3. The maximum absolute atomic E-state index is 14.0. The number of sulfonamides is 1. The average molecular weight is 566 g/mol. The molecule has 2 amide bonds. The van der Waals surface area contributed by atoms with E-state index in [0.717, 1.165) is 9.87 Å². The normalized spacial score (nSPS) is 12.3. The summed E-state index contributed by atoms with van der Waals surface area (Å²) in [4.78, 5) is 28.9. The number of hydrogen-bond acceptors (Lipinski definition) is 5. The van der Waals surface area contributed by atoms with E-state index in [-0.39, 0.29) is 17.3 Å². The zero-order chi connectivity index (χ0) is 29.3. The number of benzene rings is 3. The third-order valence-corrected chi connectivity index (χ3v) is 8.13. The molecule has 0 saturated carbocycles. The Hall–Kier alpha value is -3.85. The summed E-state index contributed by atoms with van der Waals surface area (Å²) < 4.78 is 34.0. The molecule has 40 heavy (non-hydrogen) atoms. The van der Waals surface area contributed by atoms with E-state index in [9.17, 15) is 18.0 Å². The summed E-state index contributed by atoms with van der Waals surface area (Å²) in [5.74, 6) is -0.225. The summed E-state index contributed by atoms with van der Waals surface area (Å²) in [5.41, 5.74) is 0.867. The number of rotatable bonds is 12. The first-order valence-corrected chi connectivity index (χ1v) is 14.8. The molecule has 1 N–H and O–H groups in total. The van der Waals surface area contributed by atoms with E-state index in [4.69, 9.17) is 4.74 Å². The lowest BCUT2D eigenvalue weighted by molar-refractivity contribution is -0.140. The lowest BCUT2D eigenvalue weighted by Gasteiger charge is -2.34. The Morgan fingerprint density at radius 2 is 1.48 bits per heavy atom. The number of amides is 2. The molecule has 0 radical (unpaired) electrons. The number of nitrogens with zero attached hydrogens (tertiary/aromatic N) is 2. The number of carbonyl (C=O) groups is 2. The fourth-order valence-corrected chi connectivity index (χ4v) is 5.76. The van der Waals surface area contributed by atoms with Crippen LogP contribution in [0.1, 0.15) is 39.7 Å². The van der Waals surface area contributed by atoms with Crippen LogP contribution in [0.5, 0.6) is 5.75 Å². The summed E-state index contributed by atoms with van der Waals surface area (Å²) in [6, 6.07) is 23.4. The van der Waals surface area contributed by atoms with Crippen molar-refractivity contribution in [3.63, 3.8) is 0 Å². The van der Waals surface area contributed by atoms with Crippen molar-refractivity contribution in [3.8, 4) is 5.75 Å². The highest BCUT2D eigenvalue weighted by molar-refractivity contribution is 7.92. The molecular weight excluding hydrogens is 526 g/mol. The van der Waals surface area contributed by atoms with Crippen LogP contribution in [-0.4, -0.2) is 56.9 Å². The van der Waals surface area contributed by atoms with E-state index in [1.807, 2.05) is 58.0 Å². The van der Waals surface area contributed by atoms with Gasteiger partial charge in [0.1, 0.15) is 18.3 Å². The smallest absolute Gasteiger partial charge is 0.264 e. The van der Waals surface area contributed by atoms with Crippen molar-refractivity contribution in [1.29, 1.82) is 0 Å². The Labute approximate surface area is 238 Å². The van der Waals surface area contributed by atoms with Gasteiger partial charge in [-0.15, -0.1) is 0 Å². The van der Waals surface area contributed by atoms with Crippen molar-refractivity contribution in [2.24, 2.45) is 0 Å². The van der Waals surface area contributed by atoms with Gasteiger partial charge in [-0.25, -0.2) is 8.42 Å². The maximum Gasteiger partial charge on any atom is 0.264 e. The van der Waals surface area contributed by atoms with Crippen LogP contribution in [0.4, 0.5) is 5.69 Å². The highest BCUT2D eigenvalue weighted by Crippen LogP contribution is 2.25. The van der Waals surface area contributed by atoms with Crippen molar-refractivity contribution in [2.75, 3.05) is 24.5 Å². The molecule has 0 aliphatic carbocycles. The van der Waals surface area contributed by atoms with Crippen molar-refractivity contribution in [1.82, 2.24) is 10.2 Å². The van der Waals surface area contributed by atoms with Gasteiger partial charge in [0.15, 0.2) is 0 Å². The summed E-state index contributed by atoms with van der Waals surface area (Å²) >= 11 is 0. The monoisotopic (exact) mass is 565 g/mol. The molecule has 0 spiro atoms. The van der Waals surface area contributed by atoms with Crippen molar-refractivity contribution in [3.05, 3.63) is 90.5 Å². The number of carbonyl (C=O) groups excluding carboxylic acids is 2. The highest BCUT2D eigenvalue weighted by Gasteiger charge is 2.34. The maximum atomic E-state index is 14.0. The second-order valence-electron chi connectivity index (χ2n) is 10.5. The van der Waals surface area contributed by atoms with Crippen molar-refractivity contribution < 1.29 is 22.7 Å². The van der Waals surface area contributed by atoms with Gasteiger partial charge in [-0.3, -0.25) is 13.9 Å². The topological polar surface area (TPSA) is 96.0 Å². The van der Waals surface area contributed by atoms with E-state index in [1.54, 1.807) is 42.5 Å². The van der Waals surface area contributed by atoms with Crippen LogP contribution in [0.3, 0.4) is 0 Å². The lowest BCUT2D eigenvalue weighted by atomic mass is 10.1. The van der Waals surface area contributed by atoms with Crippen LogP contribution in [-0.2, 0) is 26.0 Å². The van der Waals surface area contributed by atoms with Gasteiger partial charge in [0.25, 0.3) is 10.0 Å². The van der Waals surface area contributed by atoms with Crippen molar-refractivity contribution in [2.45, 2.75) is 57.0 Å². The van der Waals surface area contributed by atoms with Crippen LogP contribution >= 0.6 is 0 Å². The first kappa shape index (κ1) is 30.7. The number of ether oxygens (including phenoxy) is 1. The zero-order valence-corrected chi connectivity index (χ0v) is 24.6. The molecule has 0 aliphatic rings. The van der Waals surface area contributed by atoms with Crippen LogP contribution in [0.15, 0.2) is 89.8 Å². The van der Waals surface area contributed by atoms with Crippen molar-refractivity contribution >= 4 is 27.5 Å². The van der Waals surface area contributed by atoms with Gasteiger partial charge in [0.2, 0.25) is 11.8 Å². The summed E-state index contributed by atoms with van der Waals surface area (Å²) in [6.07, 6.45) is 0.890. The lowest BCUT2D eigenvalue weighted by Crippen LogP contribution is -2.56. The van der Waals surface area contributed by atoms with E-state index in [1.165, 1.54) is 24.1 Å². The molecule has 9 heteroatoms. The number of hydrogen-bond donors (Lipinski definition) is 1. The standard InChI is InChI=1S/C31H39N3O5S/c1-6-28(30(36)32-31(2,3)4)33(22-21-24-13-9-7-10-14-24)29(35)23-34(25-15-11-8-12-16-25)40(37,38)27-19-17-26(39-5)18-20-27/h7-20,28H,6,21-23H2,1-5H3,(H,32,36). The van der Waals surface area contributed by atoms with Gasteiger partial charge >= 0.3 is 0 Å². The Morgan fingerprint density at radius 1 is 0.900 bits per heavy atom. The van der Waals surface area contributed by atoms with Crippen LogP contribution in [0, 0.1) is 0 Å². The van der Waals surface area contributed by atoms with E-state index >= 15 is 0 Å². The third-order valence-electron chi connectivity index (χ3n) is 6.34. The number of anilines is 1. The molecule has 0 saturated heterocycles. The molecule has 0 bridgehead atoms. The molecule has 0 aromatic heterocycles. The van der Waals surface area contributed by atoms with Crippen LogP contribution < -0.4 is 14.4 Å². The van der Waals surface area contributed by atoms with E-state index in [2.05, 4.69) is 5.32 Å². The van der Waals surface area contributed by atoms with Crippen LogP contribution in [0.2, 0.25) is 0 Å². The average Bonchev–Trinajstić information content (AvgIpc) is 2.93. The van der Waals surface area contributed by atoms with Gasteiger partial charge < -0.3 is 15.0 Å². The van der Waals surface area contributed by atoms with Crippen LogP contribution in [0.25, 0.3) is 0 Å². The largest absolute Gasteiger partial charge is 0.497 e. The molecular formula is C31H39N3O5S. The number of nitrogens with one attached hydrogen (secondary N) is 1. The van der Waals surface area contributed by atoms with Gasteiger partial charge in [0, 0.05) is 12.1 Å². The second kappa shape index (κ2) is 13.5. The Bertz CT molecular complexity index is 1360. The molecule has 0 fully saturated rings. The minimum atomic E-state index is -4.13. The van der Waals surface area contributed by atoms with Gasteiger partial charge in [0.05, 0.1) is 17.7 Å². The SMILES string of the molecule is CCC(C(=O)NC(C)(C)C)N(CCc1ccccc1)C(=O)CN(c1ccccc1)S(=O)(=O)c1ccc(OC)cc1. The molecule has 1 unspecified atom stereocenters. The summed E-state index contributed by atoms with van der Waals surface area (Å²) in [7, 11) is -2.62. The first-order valence-electron chi connectivity index (χ1n) is 13.3. The molecule has 8 nitrogen and oxygen atoms in total. The Balaban J connectivity index is 1.99. The summed E-state index contributed by atoms with van der Waals surface area (Å²) in [5, 5.41) is 2.98. The fraction of sp³-hybridized carbons (Fsp3) is 0.355.